The maximum Gasteiger partial charge on any atom is 0.263 e. The van der Waals surface area contributed by atoms with Crippen LogP contribution in [0.15, 0.2) is 0 Å². The van der Waals surface area contributed by atoms with Gasteiger partial charge in [0.1, 0.15) is 4.88 Å². The Balaban J connectivity index is 1.80. The summed E-state index contributed by atoms with van der Waals surface area (Å²) in [4.78, 5) is 12.9. The number of nitrogen functional groups attached to an aromatic ring is 1. The molecule has 2 atom stereocenters. The van der Waals surface area contributed by atoms with Crippen LogP contribution in [0.5, 0.6) is 0 Å². The monoisotopic (exact) mass is 307 g/mol. The minimum absolute atomic E-state index is 0.0165. The van der Waals surface area contributed by atoms with Crippen molar-refractivity contribution in [2.75, 3.05) is 17.6 Å². The molecule has 116 valence electrons. The lowest BCUT2D eigenvalue weighted by atomic mass is 10.1. The van der Waals surface area contributed by atoms with Crippen LogP contribution in [-0.2, 0) is 0 Å². The molecule has 0 saturated heterocycles. The number of anilines is 2. The first kappa shape index (κ1) is 14.7. The third-order valence-electron chi connectivity index (χ3n) is 4.47. The van der Waals surface area contributed by atoms with Crippen molar-refractivity contribution in [3.8, 4) is 0 Å². The van der Waals surface area contributed by atoms with Gasteiger partial charge >= 0.3 is 0 Å². The van der Waals surface area contributed by atoms with Crippen LogP contribution in [0, 0.1) is 5.92 Å². The zero-order valence-corrected chi connectivity index (χ0v) is 13.7. The van der Waals surface area contributed by atoms with Crippen LogP contribution in [0.3, 0.4) is 0 Å². The number of thiophene rings is 1. The van der Waals surface area contributed by atoms with Crippen LogP contribution in [0.1, 0.15) is 67.1 Å². The molecule has 0 radical (unpaired) electrons. The second-order valence-electron chi connectivity index (χ2n) is 6.27. The van der Waals surface area contributed by atoms with Crippen molar-refractivity contribution in [1.82, 2.24) is 5.32 Å². The summed E-state index contributed by atoms with van der Waals surface area (Å²) in [6, 6.07) is 0.581. The molecule has 0 aromatic carbocycles. The number of rotatable bonds is 7. The Hall–Kier alpha value is -1.23. The highest BCUT2D eigenvalue weighted by Gasteiger charge is 2.39. The number of nitrogens with two attached hydrogens (primary N) is 1. The number of nitrogens with one attached hydrogen (secondary N) is 2. The van der Waals surface area contributed by atoms with E-state index in [1.54, 1.807) is 11.3 Å². The molecule has 0 spiro atoms. The normalized spacial score (nSPS) is 23.9. The molecular formula is C16H25N3OS. The van der Waals surface area contributed by atoms with E-state index < -0.39 is 0 Å². The van der Waals surface area contributed by atoms with Gasteiger partial charge in [0.2, 0.25) is 0 Å². The molecule has 2 aliphatic carbocycles. The zero-order chi connectivity index (χ0) is 15.0. The van der Waals surface area contributed by atoms with E-state index in [1.165, 1.54) is 31.2 Å². The molecule has 0 bridgehead atoms. The maximum absolute atomic E-state index is 12.2. The zero-order valence-electron chi connectivity index (χ0n) is 12.9. The fourth-order valence-corrected chi connectivity index (χ4v) is 4.06. The largest absolute Gasteiger partial charge is 0.397 e. The van der Waals surface area contributed by atoms with E-state index in [0.717, 1.165) is 17.3 Å². The van der Waals surface area contributed by atoms with Crippen molar-refractivity contribution < 1.29 is 4.79 Å². The molecule has 1 amide bonds. The predicted octanol–water partition coefficient (Wildman–Crippen LogP) is 3.56. The Labute approximate surface area is 130 Å². The predicted molar refractivity (Wildman–Crippen MR) is 89.1 cm³/mol. The molecule has 2 saturated carbocycles. The quantitative estimate of drug-likeness (QED) is 0.721. The topological polar surface area (TPSA) is 67.2 Å². The summed E-state index contributed by atoms with van der Waals surface area (Å²) < 4.78 is 0. The summed E-state index contributed by atoms with van der Waals surface area (Å²) in [5.41, 5.74) is 8.22. The average Bonchev–Trinajstić information content (AvgIpc) is 3.37. The van der Waals surface area contributed by atoms with Crippen molar-refractivity contribution in [3.63, 3.8) is 0 Å². The van der Waals surface area contributed by atoms with E-state index >= 15 is 0 Å². The Morgan fingerprint density at radius 3 is 2.71 bits per heavy atom. The third-order valence-corrected chi connectivity index (χ3v) is 5.63. The van der Waals surface area contributed by atoms with Gasteiger partial charge in [-0.15, -0.1) is 11.3 Å². The number of hydrogen-bond acceptors (Lipinski definition) is 4. The minimum atomic E-state index is -0.0165. The number of carbonyl (C=O) groups excluding carboxylic acids is 1. The van der Waals surface area contributed by atoms with Crippen LogP contribution >= 0.6 is 11.3 Å². The van der Waals surface area contributed by atoms with Gasteiger partial charge in [-0.25, -0.2) is 0 Å². The standard InChI is InChI=1S/C16H25N3OS/c1-3-7-18-15(20)14-13(17)12(10-5-6-10)16(21-14)19-11-8-9(11)4-2/h9-11,19H,3-8,17H2,1-2H3,(H,18,20). The summed E-state index contributed by atoms with van der Waals surface area (Å²) >= 11 is 1.55. The number of hydrogen-bond donors (Lipinski definition) is 3. The van der Waals surface area contributed by atoms with Gasteiger partial charge in [0, 0.05) is 18.2 Å². The highest BCUT2D eigenvalue weighted by molar-refractivity contribution is 7.18. The van der Waals surface area contributed by atoms with E-state index in [2.05, 4.69) is 24.5 Å². The average molecular weight is 307 g/mol. The highest BCUT2D eigenvalue weighted by atomic mass is 32.1. The van der Waals surface area contributed by atoms with Crippen molar-refractivity contribution >= 4 is 27.9 Å². The van der Waals surface area contributed by atoms with Crippen LogP contribution in [0.4, 0.5) is 10.7 Å². The van der Waals surface area contributed by atoms with Crippen molar-refractivity contribution in [1.29, 1.82) is 0 Å². The fourth-order valence-electron chi connectivity index (χ4n) is 2.87. The molecule has 4 nitrogen and oxygen atoms in total. The summed E-state index contributed by atoms with van der Waals surface area (Å²) in [6.45, 7) is 5.00. The first-order chi connectivity index (χ1) is 10.2. The van der Waals surface area contributed by atoms with E-state index in [-0.39, 0.29) is 5.91 Å². The molecule has 2 unspecified atom stereocenters. The maximum atomic E-state index is 12.2. The fraction of sp³-hybridized carbons (Fsp3) is 0.688. The van der Waals surface area contributed by atoms with E-state index in [9.17, 15) is 4.79 Å². The number of amides is 1. The lowest BCUT2D eigenvalue weighted by Gasteiger charge is -2.06. The van der Waals surface area contributed by atoms with Gasteiger partial charge in [0.25, 0.3) is 5.91 Å². The molecule has 2 fully saturated rings. The Morgan fingerprint density at radius 2 is 2.14 bits per heavy atom. The smallest absolute Gasteiger partial charge is 0.263 e. The molecule has 1 aromatic heterocycles. The van der Waals surface area contributed by atoms with Crippen molar-refractivity contribution in [3.05, 3.63) is 10.4 Å². The molecular weight excluding hydrogens is 282 g/mol. The number of carbonyl (C=O) groups is 1. The Kier molecular flexibility index (Phi) is 4.11. The first-order valence-corrected chi connectivity index (χ1v) is 8.94. The molecule has 1 heterocycles. The SMILES string of the molecule is CCCNC(=O)c1sc(NC2CC2CC)c(C2CC2)c1N. The summed E-state index contributed by atoms with van der Waals surface area (Å²) in [6.07, 6.45) is 5.82. The lowest BCUT2D eigenvalue weighted by molar-refractivity contribution is 0.0958. The van der Waals surface area contributed by atoms with Gasteiger partial charge in [-0.1, -0.05) is 20.3 Å². The van der Waals surface area contributed by atoms with Crippen molar-refractivity contribution in [2.45, 2.75) is 57.9 Å². The molecule has 4 N–H and O–H groups in total. The van der Waals surface area contributed by atoms with Crippen LogP contribution in [-0.4, -0.2) is 18.5 Å². The Morgan fingerprint density at radius 1 is 1.38 bits per heavy atom. The summed E-state index contributed by atoms with van der Waals surface area (Å²) in [5.74, 6) is 1.34. The molecule has 21 heavy (non-hydrogen) atoms. The second kappa shape index (κ2) is 5.87. The van der Waals surface area contributed by atoms with Crippen LogP contribution < -0.4 is 16.4 Å². The third kappa shape index (κ3) is 3.03. The Bertz CT molecular complexity index is 536. The van der Waals surface area contributed by atoms with Gasteiger partial charge in [0.05, 0.1) is 10.7 Å². The molecule has 2 aliphatic rings. The molecule has 1 aromatic rings. The second-order valence-corrected chi connectivity index (χ2v) is 7.29. The lowest BCUT2D eigenvalue weighted by Crippen LogP contribution is -2.23. The van der Waals surface area contributed by atoms with Crippen LogP contribution in [0.25, 0.3) is 0 Å². The van der Waals surface area contributed by atoms with Gasteiger partial charge in [0.15, 0.2) is 0 Å². The minimum Gasteiger partial charge on any atom is -0.397 e. The van der Waals surface area contributed by atoms with Crippen LogP contribution in [0.2, 0.25) is 0 Å². The summed E-state index contributed by atoms with van der Waals surface area (Å²) in [7, 11) is 0. The van der Waals surface area contributed by atoms with E-state index in [4.69, 9.17) is 5.73 Å². The van der Waals surface area contributed by atoms with Gasteiger partial charge in [-0.05, 0) is 37.5 Å². The van der Waals surface area contributed by atoms with Gasteiger partial charge in [-0.2, -0.15) is 0 Å². The highest BCUT2D eigenvalue weighted by Crippen LogP contribution is 2.52. The molecule has 0 aliphatic heterocycles. The first-order valence-electron chi connectivity index (χ1n) is 8.12. The molecule has 3 rings (SSSR count). The van der Waals surface area contributed by atoms with E-state index in [1.807, 2.05) is 0 Å². The van der Waals surface area contributed by atoms with E-state index in [0.29, 0.717) is 29.1 Å². The van der Waals surface area contributed by atoms with Crippen molar-refractivity contribution in [2.24, 2.45) is 5.92 Å². The van der Waals surface area contributed by atoms with Gasteiger partial charge in [-0.3, -0.25) is 4.79 Å². The summed E-state index contributed by atoms with van der Waals surface area (Å²) in [5, 5.41) is 7.73. The molecule has 5 heteroatoms. The van der Waals surface area contributed by atoms with Gasteiger partial charge < -0.3 is 16.4 Å².